The van der Waals surface area contributed by atoms with E-state index in [0.717, 1.165) is 10.6 Å². The Labute approximate surface area is 158 Å². The minimum atomic E-state index is -0.491. The molecule has 2 heterocycles. The van der Waals surface area contributed by atoms with E-state index in [1.807, 2.05) is 22.2 Å². The van der Waals surface area contributed by atoms with Gasteiger partial charge in [-0.1, -0.05) is 0 Å². The summed E-state index contributed by atoms with van der Waals surface area (Å²) >= 11 is 3.14. The summed E-state index contributed by atoms with van der Waals surface area (Å²) in [5, 5.41) is 6.83. The number of thiophene rings is 1. The molecule has 0 spiro atoms. The van der Waals surface area contributed by atoms with Gasteiger partial charge in [-0.2, -0.15) is 11.3 Å². The number of thiazole rings is 1. The van der Waals surface area contributed by atoms with Crippen LogP contribution < -0.4 is 14.2 Å². The molecule has 0 N–H and O–H groups in total. The molecule has 0 saturated carbocycles. The molecule has 0 aliphatic rings. The fourth-order valence-corrected chi connectivity index (χ4v) is 3.83. The van der Waals surface area contributed by atoms with Gasteiger partial charge in [0.25, 0.3) is 0 Å². The third-order valence-corrected chi connectivity index (χ3v) is 5.19. The first-order chi connectivity index (χ1) is 12.7. The third-order valence-electron chi connectivity index (χ3n) is 3.57. The molecule has 0 saturated heterocycles. The van der Waals surface area contributed by atoms with Crippen molar-refractivity contribution in [2.24, 2.45) is 0 Å². The number of esters is 1. The lowest BCUT2D eigenvalue weighted by Gasteiger charge is -2.13. The van der Waals surface area contributed by atoms with Crippen molar-refractivity contribution in [3.8, 4) is 27.8 Å². The molecule has 8 heteroatoms. The quantitative estimate of drug-likeness (QED) is 0.561. The lowest BCUT2D eigenvalue weighted by molar-refractivity contribution is 0.0467. The van der Waals surface area contributed by atoms with Crippen LogP contribution in [0.25, 0.3) is 10.6 Å². The lowest BCUT2D eigenvalue weighted by Crippen LogP contribution is -2.07. The van der Waals surface area contributed by atoms with Crippen LogP contribution in [-0.2, 0) is 11.3 Å². The molecule has 0 aliphatic carbocycles. The highest BCUT2D eigenvalue weighted by Crippen LogP contribution is 2.38. The van der Waals surface area contributed by atoms with Crippen molar-refractivity contribution in [3.63, 3.8) is 0 Å². The van der Waals surface area contributed by atoms with E-state index in [9.17, 15) is 4.79 Å². The molecule has 136 valence electrons. The molecule has 3 aromatic rings. The summed E-state index contributed by atoms with van der Waals surface area (Å²) in [4.78, 5) is 16.9. The van der Waals surface area contributed by atoms with Gasteiger partial charge in [0.1, 0.15) is 11.6 Å². The molecule has 26 heavy (non-hydrogen) atoms. The summed E-state index contributed by atoms with van der Waals surface area (Å²) < 4.78 is 21.1. The van der Waals surface area contributed by atoms with Crippen LogP contribution >= 0.6 is 22.7 Å². The van der Waals surface area contributed by atoms with Crippen LogP contribution in [0.15, 0.2) is 34.3 Å². The van der Waals surface area contributed by atoms with Crippen molar-refractivity contribution in [2.45, 2.75) is 6.61 Å². The number of benzene rings is 1. The Morgan fingerprint density at radius 3 is 2.38 bits per heavy atom. The van der Waals surface area contributed by atoms with Gasteiger partial charge in [0.05, 0.1) is 32.6 Å². The van der Waals surface area contributed by atoms with Crippen LogP contribution in [0.5, 0.6) is 17.2 Å². The van der Waals surface area contributed by atoms with Gasteiger partial charge < -0.3 is 18.9 Å². The molecule has 3 rings (SSSR count). The molecule has 0 bridgehead atoms. The zero-order valence-electron chi connectivity index (χ0n) is 14.5. The predicted octanol–water partition coefficient (Wildman–Crippen LogP) is 4.25. The van der Waals surface area contributed by atoms with Crippen LogP contribution in [-0.4, -0.2) is 32.3 Å². The highest BCUT2D eigenvalue weighted by molar-refractivity contribution is 7.14. The van der Waals surface area contributed by atoms with E-state index in [1.165, 1.54) is 32.7 Å². The van der Waals surface area contributed by atoms with E-state index >= 15 is 0 Å². The van der Waals surface area contributed by atoms with E-state index in [1.54, 1.807) is 23.5 Å². The molecule has 0 aliphatic heterocycles. The SMILES string of the molecule is COc1cc(C(=O)OCc2csc(-c3ccsc3)n2)cc(OC)c1OC. The van der Waals surface area contributed by atoms with Crippen LogP contribution in [0.4, 0.5) is 0 Å². The molecule has 0 atom stereocenters. The van der Waals surface area contributed by atoms with Gasteiger partial charge >= 0.3 is 5.97 Å². The minimum absolute atomic E-state index is 0.0934. The molecule has 1 aromatic carbocycles. The van der Waals surface area contributed by atoms with Crippen molar-refractivity contribution in [3.05, 3.63) is 45.6 Å². The standard InChI is InChI=1S/C18H17NO5S2/c1-21-14-6-12(7-15(22-2)16(14)23-3)18(20)24-8-13-10-26-17(19-13)11-4-5-25-9-11/h4-7,9-10H,8H2,1-3H3. The molecule has 0 amide bonds. The van der Waals surface area contributed by atoms with E-state index < -0.39 is 5.97 Å². The maximum Gasteiger partial charge on any atom is 0.338 e. The Morgan fingerprint density at radius 1 is 1.08 bits per heavy atom. The summed E-state index contributed by atoms with van der Waals surface area (Å²) in [7, 11) is 4.49. The topological polar surface area (TPSA) is 66.9 Å². The van der Waals surface area contributed by atoms with Crippen LogP contribution in [0.3, 0.4) is 0 Å². The monoisotopic (exact) mass is 391 g/mol. The summed E-state index contributed by atoms with van der Waals surface area (Å²) in [5.74, 6) is 0.722. The number of carbonyl (C=O) groups is 1. The highest BCUT2D eigenvalue weighted by atomic mass is 32.1. The molecular formula is C18H17NO5S2. The van der Waals surface area contributed by atoms with Crippen molar-refractivity contribution in [1.29, 1.82) is 0 Å². The van der Waals surface area contributed by atoms with E-state index in [4.69, 9.17) is 18.9 Å². The maximum atomic E-state index is 12.4. The van der Waals surface area contributed by atoms with Crippen molar-refractivity contribution in [2.75, 3.05) is 21.3 Å². The first-order valence-corrected chi connectivity index (χ1v) is 9.42. The van der Waals surface area contributed by atoms with Gasteiger partial charge in [-0.15, -0.1) is 11.3 Å². The number of carbonyl (C=O) groups excluding carboxylic acids is 1. The minimum Gasteiger partial charge on any atom is -0.493 e. The molecule has 2 aromatic heterocycles. The zero-order valence-corrected chi connectivity index (χ0v) is 16.1. The molecule has 6 nitrogen and oxygen atoms in total. The van der Waals surface area contributed by atoms with Crippen molar-refractivity contribution < 1.29 is 23.7 Å². The molecule has 0 unspecified atom stereocenters. The van der Waals surface area contributed by atoms with Gasteiger partial charge in [0, 0.05) is 16.3 Å². The number of rotatable bonds is 7. The van der Waals surface area contributed by atoms with Gasteiger partial charge in [-0.05, 0) is 23.6 Å². The third kappa shape index (κ3) is 3.81. The normalized spacial score (nSPS) is 10.4. The van der Waals surface area contributed by atoms with Crippen molar-refractivity contribution in [1.82, 2.24) is 4.98 Å². The number of methoxy groups -OCH3 is 3. The second-order valence-corrected chi connectivity index (χ2v) is 6.78. The highest BCUT2D eigenvalue weighted by Gasteiger charge is 2.18. The zero-order chi connectivity index (χ0) is 18.5. The van der Waals surface area contributed by atoms with E-state index in [0.29, 0.717) is 28.5 Å². The average molecular weight is 391 g/mol. The molecule has 0 fully saturated rings. The van der Waals surface area contributed by atoms with Gasteiger partial charge in [-0.25, -0.2) is 9.78 Å². The Bertz CT molecular complexity index is 864. The van der Waals surface area contributed by atoms with Crippen molar-refractivity contribution >= 4 is 28.6 Å². The summed E-state index contributed by atoms with van der Waals surface area (Å²) in [5.41, 5.74) is 2.09. The Morgan fingerprint density at radius 2 is 1.81 bits per heavy atom. The smallest absolute Gasteiger partial charge is 0.338 e. The number of aromatic nitrogens is 1. The largest absolute Gasteiger partial charge is 0.493 e. The fourth-order valence-electron chi connectivity index (χ4n) is 2.31. The van der Waals surface area contributed by atoms with Crippen LogP contribution in [0.1, 0.15) is 16.1 Å². The second-order valence-electron chi connectivity index (χ2n) is 5.15. The Hall–Kier alpha value is -2.58. The van der Waals surface area contributed by atoms with E-state index in [2.05, 4.69) is 4.98 Å². The number of ether oxygens (including phenoxy) is 4. The van der Waals surface area contributed by atoms with Gasteiger partial charge in [0.15, 0.2) is 11.5 Å². The van der Waals surface area contributed by atoms with Gasteiger partial charge in [-0.3, -0.25) is 0 Å². The Kier molecular flexibility index (Phi) is 5.75. The lowest BCUT2D eigenvalue weighted by atomic mass is 10.2. The van der Waals surface area contributed by atoms with Crippen LogP contribution in [0, 0.1) is 0 Å². The second kappa shape index (κ2) is 8.20. The molecule has 0 radical (unpaired) electrons. The molecular weight excluding hydrogens is 374 g/mol. The number of hydrogen-bond donors (Lipinski definition) is 0. The van der Waals surface area contributed by atoms with Crippen LogP contribution in [0.2, 0.25) is 0 Å². The first kappa shape index (κ1) is 18.2. The van der Waals surface area contributed by atoms with E-state index in [-0.39, 0.29) is 6.61 Å². The number of hydrogen-bond acceptors (Lipinski definition) is 8. The fraction of sp³-hybridized carbons (Fsp3) is 0.222. The summed E-state index contributed by atoms with van der Waals surface area (Å²) in [6, 6.07) is 5.12. The summed E-state index contributed by atoms with van der Waals surface area (Å²) in [6.07, 6.45) is 0. The van der Waals surface area contributed by atoms with Gasteiger partial charge in [0.2, 0.25) is 5.75 Å². The predicted molar refractivity (Wildman–Crippen MR) is 101 cm³/mol. The first-order valence-electron chi connectivity index (χ1n) is 7.60. The Balaban J connectivity index is 1.72. The maximum absolute atomic E-state index is 12.4. The summed E-state index contributed by atoms with van der Waals surface area (Å²) in [6.45, 7) is 0.0934. The number of nitrogens with zero attached hydrogens (tertiary/aromatic N) is 1. The average Bonchev–Trinajstić information content (AvgIpc) is 3.36.